The molecule has 2 aromatic rings. The number of nitrogens with zero attached hydrogens (tertiary/aromatic N) is 1. The van der Waals surface area contributed by atoms with Crippen molar-refractivity contribution >= 4 is 17.4 Å². The van der Waals surface area contributed by atoms with E-state index in [0.29, 0.717) is 5.56 Å². The van der Waals surface area contributed by atoms with Crippen molar-refractivity contribution in [2.24, 2.45) is 0 Å². The summed E-state index contributed by atoms with van der Waals surface area (Å²) in [6.07, 6.45) is 2.62. The van der Waals surface area contributed by atoms with Crippen molar-refractivity contribution < 1.29 is 19.4 Å². The fourth-order valence-electron chi connectivity index (χ4n) is 2.35. The van der Waals surface area contributed by atoms with Crippen molar-refractivity contribution in [3.05, 3.63) is 65.2 Å². The van der Waals surface area contributed by atoms with Gasteiger partial charge in [-0.25, -0.2) is 4.79 Å². The zero-order chi connectivity index (χ0) is 16.3. The van der Waals surface area contributed by atoms with Gasteiger partial charge in [0.25, 0.3) is 0 Å². The van der Waals surface area contributed by atoms with E-state index in [2.05, 4.69) is 0 Å². The molecule has 0 unspecified atom stereocenters. The van der Waals surface area contributed by atoms with Crippen LogP contribution in [0.3, 0.4) is 0 Å². The Hall–Kier alpha value is -2.82. The average Bonchev–Trinajstić information content (AvgIpc) is 2.91. The van der Waals surface area contributed by atoms with Gasteiger partial charge in [-0.1, -0.05) is 17.2 Å². The van der Waals surface area contributed by atoms with Crippen molar-refractivity contribution in [3.8, 4) is 0 Å². The van der Waals surface area contributed by atoms with Gasteiger partial charge in [0, 0.05) is 11.8 Å². The molecule has 0 amide bonds. The van der Waals surface area contributed by atoms with Crippen molar-refractivity contribution in [2.45, 2.75) is 13.8 Å². The zero-order valence-electron chi connectivity index (χ0n) is 12.7. The van der Waals surface area contributed by atoms with Gasteiger partial charge in [0.05, 0.1) is 12.8 Å². The minimum absolute atomic E-state index is 0.125. The fourth-order valence-corrected chi connectivity index (χ4v) is 2.35. The Morgan fingerprint density at radius 1 is 1.18 bits per heavy atom. The van der Waals surface area contributed by atoms with Crippen LogP contribution >= 0.6 is 0 Å². The molecular weight excluding hydrogens is 282 g/mol. The van der Waals surface area contributed by atoms with Crippen molar-refractivity contribution in [1.82, 2.24) is 4.57 Å². The van der Waals surface area contributed by atoms with E-state index in [4.69, 9.17) is 4.74 Å². The van der Waals surface area contributed by atoms with E-state index in [1.807, 2.05) is 19.9 Å². The number of carboxylic acid groups (broad SMARTS) is 1. The van der Waals surface area contributed by atoms with Crippen LogP contribution in [0.25, 0.3) is 5.70 Å². The first-order valence-electron chi connectivity index (χ1n) is 6.71. The van der Waals surface area contributed by atoms with Crippen LogP contribution in [0.5, 0.6) is 0 Å². The van der Waals surface area contributed by atoms with Crippen molar-refractivity contribution in [2.75, 3.05) is 7.11 Å². The Balaban J connectivity index is 2.50. The van der Waals surface area contributed by atoms with Crippen LogP contribution < -0.4 is 0 Å². The normalized spacial score (nSPS) is 11.3. The van der Waals surface area contributed by atoms with Gasteiger partial charge in [-0.3, -0.25) is 4.79 Å². The number of ether oxygens (including phenoxy) is 1. The molecule has 1 aromatic carbocycles. The second-order valence-electron chi connectivity index (χ2n) is 5.01. The first kappa shape index (κ1) is 15.6. The Bertz CT molecular complexity index is 736. The molecule has 114 valence electrons. The number of aromatic nitrogens is 1. The number of ketones is 1. The molecule has 0 atom stereocenters. The lowest BCUT2D eigenvalue weighted by atomic mass is 10.0. The molecule has 2 rings (SSSR count). The molecule has 5 nitrogen and oxygen atoms in total. The molecule has 0 spiro atoms. The highest BCUT2D eigenvalue weighted by atomic mass is 16.5. The summed E-state index contributed by atoms with van der Waals surface area (Å²) in [7, 11) is 1.36. The van der Waals surface area contributed by atoms with Crippen LogP contribution in [0.2, 0.25) is 0 Å². The van der Waals surface area contributed by atoms with Crippen LogP contribution in [0, 0.1) is 13.8 Å². The van der Waals surface area contributed by atoms with Gasteiger partial charge >= 0.3 is 5.97 Å². The SMILES string of the molecule is COC=C(C(=O)O)n1cccc1C(=O)c1cc(C)cc(C)c1. The second kappa shape index (κ2) is 6.30. The first-order valence-corrected chi connectivity index (χ1v) is 6.71. The summed E-state index contributed by atoms with van der Waals surface area (Å²) < 4.78 is 6.10. The summed E-state index contributed by atoms with van der Waals surface area (Å²) in [5.74, 6) is -1.41. The van der Waals surface area contributed by atoms with Crippen molar-refractivity contribution in [1.29, 1.82) is 0 Å². The maximum absolute atomic E-state index is 12.7. The van der Waals surface area contributed by atoms with E-state index >= 15 is 0 Å². The van der Waals surface area contributed by atoms with E-state index in [9.17, 15) is 14.7 Å². The minimum atomic E-state index is -1.17. The van der Waals surface area contributed by atoms with Crippen molar-refractivity contribution in [3.63, 3.8) is 0 Å². The van der Waals surface area contributed by atoms with Gasteiger partial charge in [-0.2, -0.15) is 0 Å². The molecule has 0 fully saturated rings. The number of rotatable bonds is 5. The predicted octanol–water partition coefficient (Wildman–Crippen LogP) is 2.87. The summed E-state index contributed by atoms with van der Waals surface area (Å²) in [4.78, 5) is 24.0. The van der Waals surface area contributed by atoms with Gasteiger partial charge in [0.1, 0.15) is 6.26 Å². The third-order valence-corrected chi connectivity index (χ3v) is 3.17. The van der Waals surface area contributed by atoms with E-state index < -0.39 is 5.97 Å². The van der Waals surface area contributed by atoms with Gasteiger partial charge in [0.15, 0.2) is 5.70 Å². The number of carbonyl (C=O) groups excluding carboxylic acids is 1. The van der Waals surface area contributed by atoms with E-state index in [-0.39, 0.29) is 17.2 Å². The van der Waals surface area contributed by atoms with E-state index in [1.165, 1.54) is 17.9 Å². The van der Waals surface area contributed by atoms with Crippen LogP contribution in [0.1, 0.15) is 27.2 Å². The van der Waals surface area contributed by atoms with Gasteiger partial charge in [0.2, 0.25) is 5.78 Å². The Morgan fingerprint density at radius 2 is 1.82 bits per heavy atom. The lowest BCUT2D eigenvalue weighted by Crippen LogP contribution is -2.14. The van der Waals surface area contributed by atoms with Gasteiger partial charge in [-0.05, 0) is 38.1 Å². The Labute approximate surface area is 128 Å². The third kappa shape index (κ3) is 3.09. The molecule has 5 heteroatoms. The molecule has 0 bridgehead atoms. The summed E-state index contributed by atoms with van der Waals surface area (Å²) in [6.45, 7) is 3.83. The molecule has 0 aliphatic heterocycles. The molecule has 0 aliphatic carbocycles. The smallest absolute Gasteiger partial charge is 0.356 e. The average molecular weight is 299 g/mol. The molecule has 0 aliphatic rings. The summed E-state index contributed by atoms with van der Waals surface area (Å²) in [5.41, 5.74) is 2.63. The maximum atomic E-state index is 12.7. The van der Waals surface area contributed by atoms with Gasteiger partial charge in [-0.15, -0.1) is 0 Å². The Kier molecular flexibility index (Phi) is 4.46. The lowest BCUT2D eigenvalue weighted by Gasteiger charge is -2.10. The second-order valence-corrected chi connectivity index (χ2v) is 5.01. The zero-order valence-corrected chi connectivity index (χ0v) is 12.7. The molecular formula is C17H17NO4. The highest BCUT2D eigenvalue weighted by molar-refractivity contribution is 6.13. The van der Waals surface area contributed by atoms with Gasteiger partial charge < -0.3 is 14.4 Å². The summed E-state index contributed by atoms with van der Waals surface area (Å²) in [6, 6.07) is 8.76. The molecule has 1 aromatic heterocycles. The Morgan fingerprint density at radius 3 is 2.36 bits per heavy atom. The molecule has 0 radical (unpaired) electrons. The number of aliphatic carboxylic acids is 1. The molecule has 1 N–H and O–H groups in total. The summed E-state index contributed by atoms with van der Waals surface area (Å²) in [5, 5.41) is 9.26. The third-order valence-electron chi connectivity index (χ3n) is 3.17. The van der Waals surface area contributed by atoms with E-state index in [0.717, 1.165) is 17.4 Å². The number of methoxy groups -OCH3 is 1. The first-order chi connectivity index (χ1) is 10.4. The number of carboxylic acids is 1. The molecule has 22 heavy (non-hydrogen) atoms. The number of aryl methyl sites for hydroxylation is 2. The largest absolute Gasteiger partial charge is 0.502 e. The van der Waals surface area contributed by atoms with Crippen LogP contribution in [0.15, 0.2) is 42.8 Å². The predicted molar refractivity (Wildman–Crippen MR) is 82.7 cm³/mol. The number of carbonyl (C=O) groups is 2. The monoisotopic (exact) mass is 299 g/mol. The highest BCUT2D eigenvalue weighted by Crippen LogP contribution is 2.18. The number of hydrogen-bond acceptors (Lipinski definition) is 3. The molecule has 0 saturated heterocycles. The number of hydrogen-bond donors (Lipinski definition) is 1. The highest BCUT2D eigenvalue weighted by Gasteiger charge is 2.19. The molecule has 1 heterocycles. The van der Waals surface area contributed by atoms with Crippen LogP contribution in [0.4, 0.5) is 0 Å². The van der Waals surface area contributed by atoms with E-state index in [1.54, 1.807) is 24.3 Å². The maximum Gasteiger partial charge on any atom is 0.356 e. The minimum Gasteiger partial charge on any atom is -0.502 e. The summed E-state index contributed by atoms with van der Waals surface area (Å²) >= 11 is 0. The quantitative estimate of drug-likeness (QED) is 0.523. The number of benzene rings is 1. The lowest BCUT2D eigenvalue weighted by molar-refractivity contribution is -0.130. The standard InChI is InChI=1S/C17H17NO4/c1-11-7-12(2)9-13(8-11)16(19)14-5-4-6-18(14)15(10-22-3)17(20)21/h4-10H,1-3H3,(H,20,21). The fraction of sp³-hybridized carbons (Fsp3) is 0.176. The van der Waals surface area contributed by atoms with Crippen LogP contribution in [-0.2, 0) is 9.53 Å². The van der Waals surface area contributed by atoms with Crippen LogP contribution in [-0.4, -0.2) is 28.5 Å². The topological polar surface area (TPSA) is 68.5 Å². The molecule has 0 saturated carbocycles.